The Morgan fingerprint density at radius 3 is 3.07 bits per heavy atom. The molecule has 2 rings (SSSR count). The Morgan fingerprint density at radius 2 is 2.33 bits per heavy atom. The molecule has 0 fully saturated rings. The van der Waals surface area contributed by atoms with E-state index in [4.69, 9.17) is 12.2 Å². The van der Waals surface area contributed by atoms with E-state index >= 15 is 0 Å². The standard InChI is InChI=1S/C10H12N4S/c1-2-3-14-6-8(4-13-14)9-5-11-7-12-10(9)15/h4-7H,2-3H2,1H3,(H,11,12,15). The monoisotopic (exact) mass is 220 g/mol. The Hall–Kier alpha value is -1.49. The van der Waals surface area contributed by atoms with Gasteiger partial charge in [-0.1, -0.05) is 19.1 Å². The molecule has 1 N–H and O–H groups in total. The number of nitrogens with one attached hydrogen (secondary N) is 1. The lowest BCUT2D eigenvalue weighted by Gasteiger charge is -1.96. The van der Waals surface area contributed by atoms with Crippen LogP contribution in [0.25, 0.3) is 11.1 Å². The summed E-state index contributed by atoms with van der Waals surface area (Å²) in [5.41, 5.74) is 1.94. The van der Waals surface area contributed by atoms with Gasteiger partial charge < -0.3 is 4.98 Å². The Kier molecular flexibility index (Phi) is 2.91. The van der Waals surface area contributed by atoms with Crippen LogP contribution in [0.2, 0.25) is 0 Å². The number of aromatic amines is 1. The normalized spacial score (nSPS) is 10.5. The van der Waals surface area contributed by atoms with E-state index in [-0.39, 0.29) is 0 Å². The third kappa shape index (κ3) is 2.12. The number of hydrogen-bond acceptors (Lipinski definition) is 3. The van der Waals surface area contributed by atoms with Gasteiger partial charge in [0, 0.05) is 30.1 Å². The molecule has 0 aliphatic heterocycles. The van der Waals surface area contributed by atoms with Crippen molar-refractivity contribution in [3.05, 3.63) is 29.6 Å². The molecule has 0 aliphatic carbocycles. The summed E-state index contributed by atoms with van der Waals surface area (Å²) >= 11 is 5.18. The molecule has 78 valence electrons. The molecule has 0 aliphatic rings. The third-order valence-electron chi connectivity index (χ3n) is 2.12. The summed E-state index contributed by atoms with van der Waals surface area (Å²) in [5.74, 6) is 0. The first-order valence-corrected chi connectivity index (χ1v) is 5.27. The third-order valence-corrected chi connectivity index (χ3v) is 2.45. The van der Waals surface area contributed by atoms with Crippen LogP contribution >= 0.6 is 12.2 Å². The van der Waals surface area contributed by atoms with E-state index < -0.39 is 0 Å². The van der Waals surface area contributed by atoms with Crippen LogP contribution in [0.15, 0.2) is 24.9 Å². The second-order valence-electron chi connectivity index (χ2n) is 3.29. The molecule has 2 aromatic heterocycles. The molecule has 2 aromatic rings. The maximum atomic E-state index is 5.18. The van der Waals surface area contributed by atoms with E-state index in [9.17, 15) is 0 Å². The Morgan fingerprint density at radius 1 is 1.47 bits per heavy atom. The van der Waals surface area contributed by atoms with Crippen molar-refractivity contribution in [1.82, 2.24) is 19.7 Å². The van der Waals surface area contributed by atoms with E-state index in [2.05, 4.69) is 22.0 Å². The van der Waals surface area contributed by atoms with Gasteiger partial charge in [0.1, 0.15) is 4.64 Å². The van der Waals surface area contributed by atoms with E-state index in [1.54, 1.807) is 12.5 Å². The van der Waals surface area contributed by atoms with Crippen molar-refractivity contribution in [3.8, 4) is 11.1 Å². The highest BCUT2D eigenvalue weighted by molar-refractivity contribution is 7.71. The van der Waals surface area contributed by atoms with Crippen LogP contribution in [0.5, 0.6) is 0 Å². The molecule has 0 bridgehead atoms. The smallest absolute Gasteiger partial charge is 0.113 e. The van der Waals surface area contributed by atoms with Gasteiger partial charge in [-0.2, -0.15) is 5.10 Å². The molecule has 4 nitrogen and oxygen atoms in total. The fraction of sp³-hybridized carbons (Fsp3) is 0.300. The Balaban J connectivity index is 2.38. The summed E-state index contributed by atoms with van der Waals surface area (Å²) < 4.78 is 2.61. The first kappa shape index (κ1) is 10.0. The van der Waals surface area contributed by atoms with Crippen molar-refractivity contribution in [3.63, 3.8) is 0 Å². The molecule has 0 saturated heterocycles. The summed E-state index contributed by atoms with van der Waals surface area (Å²) in [7, 11) is 0. The SMILES string of the molecule is CCCn1cc(-c2cnc[nH]c2=S)cn1. The van der Waals surface area contributed by atoms with Crippen LogP contribution in [0.3, 0.4) is 0 Å². The van der Waals surface area contributed by atoms with Gasteiger partial charge in [-0.25, -0.2) is 4.98 Å². The van der Waals surface area contributed by atoms with Gasteiger partial charge in [0.05, 0.1) is 12.5 Å². The summed E-state index contributed by atoms with van der Waals surface area (Å²) in [6.45, 7) is 3.05. The number of aryl methyl sites for hydroxylation is 1. The maximum Gasteiger partial charge on any atom is 0.113 e. The highest BCUT2D eigenvalue weighted by Gasteiger charge is 2.03. The topological polar surface area (TPSA) is 46.5 Å². The molecule has 2 heterocycles. The minimum Gasteiger partial charge on any atom is -0.337 e. The number of nitrogens with zero attached hydrogens (tertiary/aromatic N) is 3. The predicted octanol–water partition coefficient (Wildman–Crippen LogP) is 2.41. The molecule has 15 heavy (non-hydrogen) atoms. The molecule has 0 unspecified atom stereocenters. The zero-order chi connectivity index (χ0) is 10.7. The van der Waals surface area contributed by atoms with Gasteiger partial charge >= 0.3 is 0 Å². The van der Waals surface area contributed by atoms with E-state index in [0.29, 0.717) is 4.64 Å². The first-order valence-electron chi connectivity index (χ1n) is 4.86. The van der Waals surface area contributed by atoms with E-state index in [0.717, 1.165) is 24.1 Å². The average molecular weight is 220 g/mol. The van der Waals surface area contributed by atoms with Gasteiger partial charge in [-0.15, -0.1) is 0 Å². The predicted molar refractivity (Wildman–Crippen MR) is 60.9 cm³/mol. The molecule has 0 atom stereocenters. The molecule has 5 heteroatoms. The first-order chi connectivity index (χ1) is 7.31. The molecule has 0 radical (unpaired) electrons. The van der Waals surface area contributed by atoms with Crippen molar-refractivity contribution in [2.75, 3.05) is 0 Å². The maximum absolute atomic E-state index is 5.18. The summed E-state index contributed by atoms with van der Waals surface area (Å²) in [6, 6.07) is 0. The van der Waals surface area contributed by atoms with Crippen LogP contribution in [-0.2, 0) is 6.54 Å². The van der Waals surface area contributed by atoms with Crippen molar-refractivity contribution in [1.29, 1.82) is 0 Å². The second kappa shape index (κ2) is 4.35. The summed E-state index contributed by atoms with van der Waals surface area (Å²) in [4.78, 5) is 6.92. The lowest BCUT2D eigenvalue weighted by atomic mass is 10.2. The molecule has 0 amide bonds. The van der Waals surface area contributed by atoms with Gasteiger partial charge in [0.2, 0.25) is 0 Å². The lowest BCUT2D eigenvalue weighted by molar-refractivity contribution is 0.603. The molecular weight excluding hydrogens is 208 g/mol. The van der Waals surface area contributed by atoms with Crippen molar-refractivity contribution < 1.29 is 0 Å². The van der Waals surface area contributed by atoms with Crippen LogP contribution in [0.1, 0.15) is 13.3 Å². The van der Waals surface area contributed by atoms with Gasteiger partial charge in [-0.3, -0.25) is 4.68 Å². The van der Waals surface area contributed by atoms with E-state index in [1.165, 1.54) is 0 Å². The minimum atomic E-state index is 0.695. The molecule has 0 saturated carbocycles. The van der Waals surface area contributed by atoms with Crippen molar-refractivity contribution >= 4 is 12.2 Å². The summed E-state index contributed by atoms with van der Waals surface area (Å²) in [5, 5.41) is 4.25. The van der Waals surface area contributed by atoms with Gasteiger partial charge in [-0.05, 0) is 6.42 Å². The Bertz CT molecular complexity index is 500. The Labute approximate surface area is 93.0 Å². The van der Waals surface area contributed by atoms with Crippen LogP contribution in [0, 0.1) is 4.64 Å². The molecule has 0 spiro atoms. The van der Waals surface area contributed by atoms with E-state index in [1.807, 2.05) is 17.1 Å². The highest BCUT2D eigenvalue weighted by atomic mass is 32.1. The second-order valence-corrected chi connectivity index (χ2v) is 3.69. The van der Waals surface area contributed by atoms with Crippen molar-refractivity contribution in [2.45, 2.75) is 19.9 Å². The largest absolute Gasteiger partial charge is 0.337 e. The zero-order valence-corrected chi connectivity index (χ0v) is 9.29. The number of aromatic nitrogens is 4. The minimum absolute atomic E-state index is 0.695. The lowest BCUT2D eigenvalue weighted by Crippen LogP contribution is -1.95. The molecular formula is C10H12N4S. The van der Waals surface area contributed by atoms with Gasteiger partial charge in [0.15, 0.2) is 0 Å². The van der Waals surface area contributed by atoms with Crippen LogP contribution in [-0.4, -0.2) is 19.7 Å². The molecule has 0 aromatic carbocycles. The summed E-state index contributed by atoms with van der Waals surface area (Å²) in [6.07, 6.45) is 8.22. The number of rotatable bonds is 3. The average Bonchev–Trinajstić information content (AvgIpc) is 2.68. The van der Waals surface area contributed by atoms with Crippen LogP contribution < -0.4 is 0 Å². The van der Waals surface area contributed by atoms with Crippen molar-refractivity contribution in [2.24, 2.45) is 0 Å². The fourth-order valence-corrected chi connectivity index (χ4v) is 1.63. The quantitative estimate of drug-likeness (QED) is 0.808. The number of hydrogen-bond donors (Lipinski definition) is 1. The van der Waals surface area contributed by atoms with Gasteiger partial charge in [0.25, 0.3) is 0 Å². The number of H-pyrrole nitrogens is 1. The highest BCUT2D eigenvalue weighted by Crippen LogP contribution is 2.17. The zero-order valence-electron chi connectivity index (χ0n) is 8.47. The fourth-order valence-electron chi connectivity index (χ4n) is 1.40. The van der Waals surface area contributed by atoms with Crippen LogP contribution in [0.4, 0.5) is 0 Å².